The maximum atomic E-state index is 11.7. The summed E-state index contributed by atoms with van der Waals surface area (Å²) in [7, 11) is 0. The van der Waals surface area contributed by atoms with Crippen LogP contribution in [0.2, 0.25) is 0 Å². The van der Waals surface area contributed by atoms with E-state index in [1.807, 2.05) is 11.8 Å². The fraction of sp³-hybridized carbons (Fsp3) is 0.909. The summed E-state index contributed by atoms with van der Waals surface area (Å²) >= 11 is 0. The summed E-state index contributed by atoms with van der Waals surface area (Å²) in [5, 5.41) is 0. The molecule has 1 saturated heterocycles. The number of carbonyl (C=O) groups is 1. The minimum Gasteiger partial charge on any atom is -0.342 e. The maximum absolute atomic E-state index is 11.7. The summed E-state index contributed by atoms with van der Waals surface area (Å²) in [5.41, 5.74) is 5.42. The maximum Gasteiger partial charge on any atom is 0.225 e. The number of hydrogen-bond acceptors (Lipinski definition) is 2. The first kappa shape index (κ1) is 11.5. The summed E-state index contributed by atoms with van der Waals surface area (Å²) in [6, 6.07) is 0. The second-order valence-corrected chi connectivity index (χ2v) is 4.22. The van der Waals surface area contributed by atoms with Crippen LogP contribution in [0, 0.1) is 5.92 Å². The van der Waals surface area contributed by atoms with Gasteiger partial charge in [0.2, 0.25) is 5.91 Å². The number of likely N-dealkylation sites (tertiary alicyclic amines) is 1. The molecule has 1 amide bonds. The molecule has 1 aliphatic heterocycles. The van der Waals surface area contributed by atoms with E-state index in [0.717, 1.165) is 45.3 Å². The molecular formula is C11H22N2O. The van der Waals surface area contributed by atoms with Gasteiger partial charge in [0.15, 0.2) is 0 Å². The molecule has 0 aromatic heterocycles. The van der Waals surface area contributed by atoms with Crippen molar-refractivity contribution in [1.29, 1.82) is 0 Å². The van der Waals surface area contributed by atoms with E-state index in [4.69, 9.17) is 5.73 Å². The molecule has 0 aromatic rings. The van der Waals surface area contributed by atoms with Gasteiger partial charge in [-0.2, -0.15) is 0 Å². The van der Waals surface area contributed by atoms with Crippen molar-refractivity contribution in [2.75, 3.05) is 19.6 Å². The third-order valence-electron chi connectivity index (χ3n) is 2.93. The van der Waals surface area contributed by atoms with E-state index in [1.165, 1.54) is 6.42 Å². The van der Waals surface area contributed by atoms with E-state index in [-0.39, 0.29) is 5.92 Å². The summed E-state index contributed by atoms with van der Waals surface area (Å²) in [6.07, 6.45) is 5.57. The van der Waals surface area contributed by atoms with Crippen LogP contribution in [0.15, 0.2) is 0 Å². The van der Waals surface area contributed by atoms with E-state index < -0.39 is 0 Å². The highest BCUT2D eigenvalue weighted by molar-refractivity contribution is 5.79. The van der Waals surface area contributed by atoms with Crippen LogP contribution in [-0.2, 0) is 4.79 Å². The predicted molar refractivity (Wildman–Crippen MR) is 57.9 cm³/mol. The molecule has 0 bridgehead atoms. The molecule has 1 unspecified atom stereocenters. The van der Waals surface area contributed by atoms with Gasteiger partial charge in [0.05, 0.1) is 0 Å². The Balaban J connectivity index is 2.19. The molecule has 1 rings (SSSR count). The normalized spacial score (nSPS) is 22.9. The number of amides is 1. The van der Waals surface area contributed by atoms with Crippen LogP contribution in [0.4, 0.5) is 0 Å². The Kier molecular flexibility index (Phi) is 4.94. The van der Waals surface area contributed by atoms with Crippen molar-refractivity contribution in [3.05, 3.63) is 0 Å². The number of piperidine rings is 1. The van der Waals surface area contributed by atoms with Gasteiger partial charge in [0.25, 0.3) is 0 Å². The fourth-order valence-electron chi connectivity index (χ4n) is 1.98. The average molecular weight is 198 g/mol. The molecule has 1 aliphatic rings. The molecule has 14 heavy (non-hydrogen) atoms. The molecule has 0 aliphatic carbocycles. The van der Waals surface area contributed by atoms with Gasteiger partial charge < -0.3 is 10.6 Å². The minimum atomic E-state index is 0.248. The Bertz CT molecular complexity index is 182. The zero-order chi connectivity index (χ0) is 10.4. The van der Waals surface area contributed by atoms with Gasteiger partial charge in [0, 0.05) is 19.0 Å². The fourth-order valence-corrected chi connectivity index (χ4v) is 1.98. The van der Waals surface area contributed by atoms with Crippen LogP contribution in [0.25, 0.3) is 0 Å². The van der Waals surface area contributed by atoms with Crippen molar-refractivity contribution in [2.24, 2.45) is 11.7 Å². The van der Waals surface area contributed by atoms with Crippen LogP contribution in [-0.4, -0.2) is 30.4 Å². The van der Waals surface area contributed by atoms with Crippen molar-refractivity contribution in [1.82, 2.24) is 4.90 Å². The Morgan fingerprint density at radius 2 is 2.21 bits per heavy atom. The smallest absolute Gasteiger partial charge is 0.225 e. The quantitative estimate of drug-likeness (QED) is 0.678. The SMILES string of the molecule is CC1CCCN(CCCCCN)C1=O. The van der Waals surface area contributed by atoms with E-state index in [0.29, 0.717) is 5.91 Å². The van der Waals surface area contributed by atoms with Crippen molar-refractivity contribution < 1.29 is 4.79 Å². The summed E-state index contributed by atoms with van der Waals surface area (Å²) < 4.78 is 0. The molecular weight excluding hydrogens is 176 g/mol. The lowest BCUT2D eigenvalue weighted by Gasteiger charge is -2.30. The third kappa shape index (κ3) is 3.29. The van der Waals surface area contributed by atoms with E-state index in [2.05, 4.69) is 0 Å². The molecule has 2 N–H and O–H groups in total. The zero-order valence-electron chi connectivity index (χ0n) is 9.17. The van der Waals surface area contributed by atoms with Crippen LogP contribution < -0.4 is 5.73 Å². The van der Waals surface area contributed by atoms with Gasteiger partial charge in [-0.3, -0.25) is 4.79 Å². The highest BCUT2D eigenvalue weighted by Crippen LogP contribution is 2.17. The summed E-state index contributed by atoms with van der Waals surface area (Å²) in [5.74, 6) is 0.599. The van der Waals surface area contributed by atoms with Crippen molar-refractivity contribution in [2.45, 2.75) is 39.0 Å². The molecule has 3 heteroatoms. The van der Waals surface area contributed by atoms with Crippen LogP contribution >= 0.6 is 0 Å². The highest BCUT2D eigenvalue weighted by Gasteiger charge is 2.23. The van der Waals surface area contributed by atoms with E-state index in [1.54, 1.807) is 0 Å². The van der Waals surface area contributed by atoms with Crippen LogP contribution in [0.5, 0.6) is 0 Å². The molecule has 1 heterocycles. The number of carbonyl (C=O) groups excluding carboxylic acids is 1. The van der Waals surface area contributed by atoms with Crippen LogP contribution in [0.1, 0.15) is 39.0 Å². The largest absolute Gasteiger partial charge is 0.342 e. The van der Waals surface area contributed by atoms with E-state index in [9.17, 15) is 4.79 Å². The van der Waals surface area contributed by atoms with Crippen LogP contribution in [0.3, 0.4) is 0 Å². The number of nitrogens with two attached hydrogens (primary N) is 1. The number of rotatable bonds is 5. The molecule has 1 fully saturated rings. The molecule has 0 spiro atoms. The third-order valence-corrected chi connectivity index (χ3v) is 2.93. The van der Waals surface area contributed by atoms with Gasteiger partial charge >= 0.3 is 0 Å². The lowest BCUT2D eigenvalue weighted by Crippen LogP contribution is -2.40. The van der Waals surface area contributed by atoms with Gasteiger partial charge in [-0.15, -0.1) is 0 Å². The van der Waals surface area contributed by atoms with Gasteiger partial charge in [0.1, 0.15) is 0 Å². The Morgan fingerprint density at radius 3 is 2.93 bits per heavy atom. The highest BCUT2D eigenvalue weighted by atomic mass is 16.2. The number of nitrogens with zero attached hydrogens (tertiary/aromatic N) is 1. The molecule has 0 aromatic carbocycles. The topological polar surface area (TPSA) is 46.3 Å². The monoisotopic (exact) mass is 198 g/mol. The van der Waals surface area contributed by atoms with Gasteiger partial charge in [-0.1, -0.05) is 13.3 Å². The Morgan fingerprint density at radius 1 is 1.43 bits per heavy atom. The molecule has 1 atom stereocenters. The first-order valence-corrected chi connectivity index (χ1v) is 5.74. The second kappa shape index (κ2) is 6.02. The van der Waals surface area contributed by atoms with Crippen molar-refractivity contribution in [3.8, 4) is 0 Å². The van der Waals surface area contributed by atoms with Gasteiger partial charge in [-0.25, -0.2) is 0 Å². The second-order valence-electron chi connectivity index (χ2n) is 4.22. The molecule has 82 valence electrons. The number of hydrogen-bond donors (Lipinski definition) is 1. The summed E-state index contributed by atoms with van der Waals surface area (Å²) in [6.45, 7) is 4.70. The zero-order valence-corrected chi connectivity index (χ0v) is 9.17. The standard InChI is InChI=1S/C11H22N2O/c1-10-6-5-9-13(11(10)14)8-4-2-3-7-12/h10H,2-9,12H2,1H3. The number of unbranched alkanes of at least 4 members (excludes halogenated alkanes) is 2. The van der Waals surface area contributed by atoms with Gasteiger partial charge in [-0.05, 0) is 32.2 Å². The molecule has 0 radical (unpaired) electrons. The lowest BCUT2D eigenvalue weighted by atomic mass is 9.99. The minimum absolute atomic E-state index is 0.248. The average Bonchev–Trinajstić information content (AvgIpc) is 2.19. The first-order valence-electron chi connectivity index (χ1n) is 5.74. The molecule has 3 nitrogen and oxygen atoms in total. The Labute approximate surface area is 86.6 Å². The Hall–Kier alpha value is -0.570. The first-order chi connectivity index (χ1) is 6.75. The summed E-state index contributed by atoms with van der Waals surface area (Å²) in [4.78, 5) is 13.7. The van der Waals surface area contributed by atoms with Crippen molar-refractivity contribution in [3.63, 3.8) is 0 Å². The predicted octanol–water partition coefficient (Wildman–Crippen LogP) is 1.37. The van der Waals surface area contributed by atoms with E-state index >= 15 is 0 Å². The van der Waals surface area contributed by atoms with Crippen molar-refractivity contribution >= 4 is 5.91 Å². The molecule has 0 saturated carbocycles. The lowest BCUT2D eigenvalue weighted by molar-refractivity contribution is -0.137.